The first-order valence-electron chi connectivity index (χ1n) is 4.77. The Labute approximate surface area is 97.9 Å². The molecule has 6 nitrogen and oxygen atoms in total. The van der Waals surface area contributed by atoms with Gasteiger partial charge in [0.1, 0.15) is 0 Å². The van der Waals surface area contributed by atoms with Crippen molar-refractivity contribution in [1.82, 2.24) is 0 Å². The van der Waals surface area contributed by atoms with Crippen molar-refractivity contribution in [1.29, 1.82) is 0 Å². The summed E-state index contributed by atoms with van der Waals surface area (Å²) in [7, 11) is 0. The highest BCUT2D eigenvalue weighted by Crippen LogP contribution is 2.11. The molecule has 17 heavy (non-hydrogen) atoms. The van der Waals surface area contributed by atoms with E-state index >= 15 is 0 Å². The average Bonchev–Trinajstić information content (AvgIpc) is 2.15. The van der Waals surface area contributed by atoms with E-state index in [0.29, 0.717) is 6.08 Å². The second kappa shape index (κ2) is 6.59. The Bertz CT molecular complexity index is 379. The Kier molecular flexibility index (Phi) is 5.84. The first kappa shape index (κ1) is 15.0. The molecule has 0 aliphatic carbocycles. The highest BCUT2D eigenvalue weighted by atomic mass is 16.4. The number of rotatable bonds is 7. The molecule has 0 rings (SSSR count). The molecule has 0 saturated heterocycles. The first-order chi connectivity index (χ1) is 7.73. The number of aliphatic hydroxyl groups is 1. The van der Waals surface area contributed by atoms with Gasteiger partial charge in [-0.3, -0.25) is 4.79 Å². The lowest BCUT2D eigenvalue weighted by atomic mass is 10.0. The molecular weight excluding hydrogens is 228 g/mol. The van der Waals surface area contributed by atoms with Crippen LogP contribution in [0.1, 0.15) is 19.8 Å². The summed E-state index contributed by atoms with van der Waals surface area (Å²) in [6, 6.07) is 0. The van der Waals surface area contributed by atoms with Crippen molar-refractivity contribution in [2.75, 3.05) is 0 Å². The number of carbonyl (C=O) groups excluding carboxylic acids is 1. The van der Waals surface area contributed by atoms with Gasteiger partial charge in [0.15, 0.2) is 5.78 Å². The molecule has 0 bridgehead atoms. The molecule has 0 aliphatic heterocycles. The van der Waals surface area contributed by atoms with Crippen molar-refractivity contribution in [2.45, 2.75) is 25.9 Å². The standard InChI is InChI=1S/C11H14O6/c1-6(2)9(13)5-8(12)3-7(11(16)17)4-10(14)15/h4,8,12H,1,3,5H2,2H3,(H,14,15)(H,16,17)/b7-4-. The summed E-state index contributed by atoms with van der Waals surface area (Å²) in [6.07, 6.45) is -1.42. The van der Waals surface area contributed by atoms with Crippen molar-refractivity contribution >= 4 is 17.7 Å². The highest BCUT2D eigenvalue weighted by molar-refractivity contribution is 5.96. The second-order valence-electron chi connectivity index (χ2n) is 3.58. The monoisotopic (exact) mass is 242 g/mol. The minimum atomic E-state index is -1.44. The van der Waals surface area contributed by atoms with Gasteiger partial charge < -0.3 is 15.3 Å². The molecule has 6 heteroatoms. The van der Waals surface area contributed by atoms with E-state index < -0.39 is 35.8 Å². The molecule has 1 atom stereocenters. The predicted molar refractivity (Wildman–Crippen MR) is 58.4 cm³/mol. The summed E-state index contributed by atoms with van der Waals surface area (Å²) in [5.74, 6) is -3.24. The molecule has 0 spiro atoms. The van der Waals surface area contributed by atoms with Gasteiger partial charge in [-0.1, -0.05) is 6.58 Å². The Morgan fingerprint density at radius 1 is 1.24 bits per heavy atom. The maximum Gasteiger partial charge on any atom is 0.331 e. The van der Waals surface area contributed by atoms with Crippen molar-refractivity contribution in [3.05, 3.63) is 23.8 Å². The van der Waals surface area contributed by atoms with Crippen LogP contribution >= 0.6 is 0 Å². The minimum Gasteiger partial charge on any atom is -0.478 e. The molecule has 0 radical (unpaired) electrons. The largest absolute Gasteiger partial charge is 0.478 e. The van der Waals surface area contributed by atoms with Crippen LogP contribution in [0.3, 0.4) is 0 Å². The van der Waals surface area contributed by atoms with E-state index in [1.807, 2.05) is 0 Å². The van der Waals surface area contributed by atoms with Gasteiger partial charge in [0, 0.05) is 24.5 Å². The van der Waals surface area contributed by atoms with Gasteiger partial charge in [0.2, 0.25) is 0 Å². The van der Waals surface area contributed by atoms with E-state index in [1.165, 1.54) is 6.92 Å². The van der Waals surface area contributed by atoms with Crippen LogP contribution in [0.5, 0.6) is 0 Å². The van der Waals surface area contributed by atoms with Crippen LogP contribution in [0.25, 0.3) is 0 Å². The predicted octanol–water partition coefficient (Wildman–Crippen LogP) is 0.368. The molecule has 0 fully saturated rings. The number of carbonyl (C=O) groups is 3. The van der Waals surface area contributed by atoms with Gasteiger partial charge >= 0.3 is 11.9 Å². The molecule has 0 aromatic carbocycles. The minimum absolute atomic E-state index is 0.253. The number of aliphatic hydroxyl groups excluding tert-OH is 1. The van der Waals surface area contributed by atoms with Crippen molar-refractivity contribution in [3.8, 4) is 0 Å². The van der Waals surface area contributed by atoms with E-state index in [9.17, 15) is 19.5 Å². The molecule has 0 saturated carbocycles. The van der Waals surface area contributed by atoms with Crippen LogP contribution in [0.15, 0.2) is 23.8 Å². The summed E-state index contributed by atoms with van der Waals surface area (Å²) in [6.45, 7) is 4.86. The van der Waals surface area contributed by atoms with Crippen LogP contribution in [0.2, 0.25) is 0 Å². The van der Waals surface area contributed by atoms with E-state index in [4.69, 9.17) is 10.2 Å². The first-order valence-corrected chi connectivity index (χ1v) is 4.77. The molecule has 0 amide bonds. The lowest BCUT2D eigenvalue weighted by Crippen LogP contribution is -2.17. The van der Waals surface area contributed by atoms with Crippen molar-refractivity contribution in [3.63, 3.8) is 0 Å². The van der Waals surface area contributed by atoms with Gasteiger partial charge in [0.05, 0.1) is 6.10 Å². The number of ketones is 1. The van der Waals surface area contributed by atoms with Gasteiger partial charge in [-0.2, -0.15) is 0 Å². The molecule has 3 N–H and O–H groups in total. The maximum atomic E-state index is 11.2. The molecular formula is C11H14O6. The third kappa shape index (κ3) is 6.26. The van der Waals surface area contributed by atoms with Crippen LogP contribution in [0, 0.1) is 0 Å². The Morgan fingerprint density at radius 2 is 1.76 bits per heavy atom. The van der Waals surface area contributed by atoms with Crippen molar-refractivity contribution < 1.29 is 29.7 Å². The SMILES string of the molecule is C=C(C)C(=O)CC(O)C/C(=C/C(=O)O)C(=O)O. The van der Waals surface area contributed by atoms with Gasteiger partial charge in [-0.25, -0.2) is 9.59 Å². The van der Waals surface area contributed by atoms with Crippen LogP contribution in [-0.4, -0.2) is 39.1 Å². The van der Waals surface area contributed by atoms with E-state index in [-0.39, 0.29) is 12.0 Å². The third-order valence-electron chi connectivity index (χ3n) is 1.92. The molecule has 0 heterocycles. The average molecular weight is 242 g/mol. The fourth-order valence-electron chi connectivity index (χ4n) is 1.07. The van der Waals surface area contributed by atoms with Gasteiger partial charge in [-0.15, -0.1) is 0 Å². The molecule has 94 valence electrons. The van der Waals surface area contributed by atoms with E-state index in [2.05, 4.69) is 6.58 Å². The fraction of sp³-hybridized carbons (Fsp3) is 0.364. The molecule has 0 aromatic rings. The quantitative estimate of drug-likeness (QED) is 0.556. The molecule has 1 unspecified atom stereocenters. The smallest absolute Gasteiger partial charge is 0.331 e. The van der Waals surface area contributed by atoms with E-state index in [1.54, 1.807) is 0 Å². The Hall–Kier alpha value is -1.95. The number of hydrogen-bond acceptors (Lipinski definition) is 4. The number of aliphatic carboxylic acids is 2. The van der Waals surface area contributed by atoms with Crippen LogP contribution in [0.4, 0.5) is 0 Å². The summed E-state index contributed by atoms with van der Waals surface area (Å²) < 4.78 is 0. The van der Waals surface area contributed by atoms with Crippen LogP contribution < -0.4 is 0 Å². The third-order valence-corrected chi connectivity index (χ3v) is 1.92. The molecule has 0 aromatic heterocycles. The van der Waals surface area contributed by atoms with Crippen LogP contribution in [-0.2, 0) is 14.4 Å². The Morgan fingerprint density at radius 3 is 2.12 bits per heavy atom. The topological polar surface area (TPSA) is 112 Å². The summed E-state index contributed by atoms with van der Waals surface area (Å²) in [5.41, 5.74) is -0.206. The summed E-state index contributed by atoms with van der Waals surface area (Å²) >= 11 is 0. The lowest BCUT2D eigenvalue weighted by Gasteiger charge is -2.09. The fourth-order valence-corrected chi connectivity index (χ4v) is 1.07. The number of hydrogen-bond donors (Lipinski definition) is 3. The summed E-state index contributed by atoms with van der Waals surface area (Å²) in [5, 5.41) is 26.5. The highest BCUT2D eigenvalue weighted by Gasteiger charge is 2.17. The zero-order valence-corrected chi connectivity index (χ0v) is 9.34. The molecule has 0 aliphatic rings. The van der Waals surface area contributed by atoms with Gasteiger partial charge in [0.25, 0.3) is 0 Å². The zero-order chi connectivity index (χ0) is 13.6. The number of allylic oxidation sites excluding steroid dienone is 1. The Balaban J connectivity index is 4.58. The van der Waals surface area contributed by atoms with Gasteiger partial charge in [-0.05, 0) is 12.5 Å². The number of carboxylic acids is 2. The zero-order valence-electron chi connectivity index (χ0n) is 9.34. The van der Waals surface area contributed by atoms with Crippen molar-refractivity contribution in [2.24, 2.45) is 0 Å². The normalized spacial score (nSPS) is 12.9. The summed E-state index contributed by atoms with van der Waals surface area (Å²) in [4.78, 5) is 32.2. The number of Topliss-reactive ketones (excluding diaryl/α,β-unsaturated/α-hetero) is 1. The van der Waals surface area contributed by atoms with E-state index in [0.717, 1.165) is 0 Å². The number of carboxylic acid groups (broad SMARTS) is 2. The maximum absolute atomic E-state index is 11.2. The lowest BCUT2D eigenvalue weighted by molar-refractivity contribution is -0.135. The second-order valence-corrected chi connectivity index (χ2v) is 3.58.